The number of rotatable bonds is 5. The van der Waals surface area contributed by atoms with Crippen molar-refractivity contribution < 1.29 is 8.83 Å². The molecular weight excluding hydrogens is 348 g/mol. The maximum absolute atomic E-state index is 5.78. The first-order valence-corrected chi connectivity index (χ1v) is 9.03. The molecule has 0 fully saturated rings. The molecule has 2 aromatic carbocycles. The number of hydrogen-bond acceptors (Lipinski definition) is 7. The van der Waals surface area contributed by atoms with Gasteiger partial charge in [-0.1, -0.05) is 47.7 Å². The first-order valence-electron chi connectivity index (χ1n) is 8.15. The molecule has 4 rings (SSSR count). The molecule has 0 unspecified atom stereocenters. The van der Waals surface area contributed by atoms with E-state index >= 15 is 0 Å². The highest BCUT2D eigenvalue weighted by molar-refractivity contribution is 7.99. The number of thioether (sulfide) groups is 1. The summed E-state index contributed by atoms with van der Waals surface area (Å²) < 4.78 is 11.5. The van der Waals surface area contributed by atoms with Crippen molar-refractivity contribution in [3.05, 3.63) is 66.1 Å². The Morgan fingerprint density at radius 3 is 2.35 bits per heavy atom. The third-order valence-corrected chi connectivity index (χ3v) is 4.68. The van der Waals surface area contributed by atoms with Crippen molar-refractivity contribution in [2.45, 2.75) is 24.3 Å². The third-order valence-electron chi connectivity index (χ3n) is 3.76. The van der Waals surface area contributed by atoms with E-state index in [2.05, 4.69) is 20.4 Å². The van der Waals surface area contributed by atoms with Gasteiger partial charge in [-0.15, -0.1) is 20.4 Å². The van der Waals surface area contributed by atoms with E-state index in [4.69, 9.17) is 8.83 Å². The van der Waals surface area contributed by atoms with Gasteiger partial charge in [-0.2, -0.15) is 0 Å². The van der Waals surface area contributed by atoms with Crippen molar-refractivity contribution >= 4 is 11.8 Å². The van der Waals surface area contributed by atoms with Crippen molar-refractivity contribution in [2.75, 3.05) is 0 Å². The highest BCUT2D eigenvalue weighted by Gasteiger charge is 2.19. The van der Waals surface area contributed by atoms with Gasteiger partial charge in [0.05, 0.1) is 5.25 Å². The van der Waals surface area contributed by atoms with Gasteiger partial charge in [-0.3, -0.25) is 0 Å². The Labute approximate surface area is 154 Å². The maximum Gasteiger partial charge on any atom is 0.277 e. The number of benzene rings is 2. The van der Waals surface area contributed by atoms with Crippen molar-refractivity contribution in [3.8, 4) is 22.9 Å². The summed E-state index contributed by atoms with van der Waals surface area (Å²) >= 11 is 1.39. The minimum absolute atomic E-state index is 0.106. The van der Waals surface area contributed by atoms with Crippen molar-refractivity contribution in [3.63, 3.8) is 0 Å². The molecule has 7 heteroatoms. The molecule has 1 atom stereocenters. The molecule has 4 aromatic rings. The molecule has 0 amide bonds. The molecule has 2 heterocycles. The molecule has 130 valence electrons. The van der Waals surface area contributed by atoms with Crippen LogP contribution in [0, 0.1) is 6.92 Å². The maximum atomic E-state index is 5.78. The number of aromatic nitrogens is 4. The Morgan fingerprint density at radius 2 is 1.54 bits per heavy atom. The van der Waals surface area contributed by atoms with Crippen LogP contribution in [0.2, 0.25) is 0 Å². The lowest BCUT2D eigenvalue weighted by Crippen LogP contribution is -1.88. The van der Waals surface area contributed by atoms with Gasteiger partial charge in [0.2, 0.25) is 17.7 Å². The van der Waals surface area contributed by atoms with Crippen LogP contribution in [-0.4, -0.2) is 20.4 Å². The molecule has 0 aliphatic rings. The summed E-state index contributed by atoms with van der Waals surface area (Å²) in [5.74, 6) is 1.52. The summed E-state index contributed by atoms with van der Waals surface area (Å²) in [5.41, 5.74) is 2.94. The van der Waals surface area contributed by atoms with Gasteiger partial charge in [-0.25, -0.2) is 0 Å². The smallest absolute Gasteiger partial charge is 0.277 e. The molecule has 0 N–H and O–H groups in total. The van der Waals surface area contributed by atoms with Crippen LogP contribution in [0.25, 0.3) is 22.9 Å². The SMILES string of the molecule is Cc1cccc(-c2nnc(S[C@H](C)c3nnc(-c4ccccc4)o3)o2)c1. The Bertz CT molecular complexity index is 1010. The molecule has 0 aliphatic carbocycles. The summed E-state index contributed by atoms with van der Waals surface area (Å²) in [6.07, 6.45) is 0. The molecule has 6 nitrogen and oxygen atoms in total. The fourth-order valence-corrected chi connectivity index (χ4v) is 3.16. The van der Waals surface area contributed by atoms with Gasteiger partial charge in [-0.05, 0) is 38.1 Å². The Balaban J connectivity index is 1.49. The van der Waals surface area contributed by atoms with E-state index in [-0.39, 0.29) is 5.25 Å². The summed E-state index contributed by atoms with van der Waals surface area (Å²) in [6, 6.07) is 17.6. The van der Waals surface area contributed by atoms with Gasteiger partial charge in [0.15, 0.2) is 0 Å². The topological polar surface area (TPSA) is 77.8 Å². The van der Waals surface area contributed by atoms with E-state index in [1.54, 1.807) is 0 Å². The minimum Gasteiger partial charge on any atom is -0.419 e. The molecule has 0 bridgehead atoms. The Morgan fingerprint density at radius 1 is 0.808 bits per heavy atom. The van der Waals surface area contributed by atoms with Gasteiger partial charge in [0, 0.05) is 11.1 Å². The van der Waals surface area contributed by atoms with Gasteiger partial charge >= 0.3 is 0 Å². The number of hydrogen-bond donors (Lipinski definition) is 0. The third kappa shape index (κ3) is 3.52. The number of aryl methyl sites for hydroxylation is 1. The molecule has 0 saturated heterocycles. The predicted octanol–water partition coefficient (Wildman–Crippen LogP) is 4.95. The lowest BCUT2D eigenvalue weighted by molar-refractivity contribution is 0.461. The summed E-state index contributed by atoms with van der Waals surface area (Å²) in [6.45, 7) is 3.99. The largest absolute Gasteiger partial charge is 0.419 e. The van der Waals surface area contributed by atoms with Crippen molar-refractivity contribution in [2.24, 2.45) is 0 Å². The molecular formula is C19H16N4O2S. The average molecular weight is 364 g/mol. The summed E-state index contributed by atoms with van der Waals surface area (Å²) in [5, 5.41) is 16.8. The fourth-order valence-electron chi connectivity index (χ4n) is 2.45. The second-order valence-electron chi connectivity index (χ2n) is 5.81. The monoisotopic (exact) mass is 364 g/mol. The van der Waals surface area contributed by atoms with Crippen molar-refractivity contribution in [1.29, 1.82) is 0 Å². The Hall–Kier alpha value is -2.93. The van der Waals surface area contributed by atoms with Crippen LogP contribution in [0.1, 0.15) is 23.6 Å². The normalized spacial score (nSPS) is 12.2. The second kappa shape index (κ2) is 7.13. The van der Waals surface area contributed by atoms with Crippen LogP contribution in [0.15, 0.2) is 68.7 Å². The lowest BCUT2D eigenvalue weighted by Gasteiger charge is -2.01. The fraction of sp³-hybridized carbons (Fsp3) is 0.158. The molecule has 2 aromatic heterocycles. The first-order chi connectivity index (χ1) is 12.7. The van der Waals surface area contributed by atoms with Crippen LogP contribution in [-0.2, 0) is 0 Å². The quantitative estimate of drug-likeness (QED) is 0.464. The van der Waals surface area contributed by atoms with Crippen molar-refractivity contribution in [1.82, 2.24) is 20.4 Å². The zero-order chi connectivity index (χ0) is 17.9. The Kier molecular flexibility index (Phi) is 4.53. The van der Waals surface area contributed by atoms with E-state index in [0.29, 0.717) is 22.9 Å². The van der Waals surface area contributed by atoms with Gasteiger partial charge < -0.3 is 8.83 Å². The lowest BCUT2D eigenvalue weighted by atomic mass is 10.1. The zero-order valence-corrected chi connectivity index (χ0v) is 15.1. The highest BCUT2D eigenvalue weighted by atomic mass is 32.2. The highest BCUT2D eigenvalue weighted by Crippen LogP contribution is 2.35. The van der Waals surface area contributed by atoms with Crippen LogP contribution in [0.4, 0.5) is 0 Å². The molecule has 0 spiro atoms. The summed E-state index contributed by atoms with van der Waals surface area (Å²) in [4.78, 5) is 0. The standard InChI is InChI=1S/C19H16N4O2S/c1-12-7-6-10-15(11-12)18-22-23-19(25-18)26-13(2)16-20-21-17(24-16)14-8-4-3-5-9-14/h3-11,13H,1-2H3/t13-/m1/s1. The minimum atomic E-state index is -0.106. The van der Waals surface area contributed by atoms with Gasteiger partial charge in [0.25, 0.3) is 5.22 Å². The predicted molar refractivity (Wildman–Crippen MR) is 98.5 cm³/mol. The molecule has 0 radical (unpaired) electrons. The summed E-state index contributed by atoms with van der Waals surface area (Å²) in [7, 11) is 0. The first kappa shape index (κ1) is 16.5. The molecule has 0 aliphatic heterocycles. The van der Waals surface area contributed by atoms with Crippen LogP contribution >= 0.6 is 11.8 Å². The number of nitrogens with zero attached hydrogens (tertiary/aromatic N) is 4. The molecule has 26 heavy (non-hydrogen) atoms. The second-order valence-corrected chi connectivity index (χ2v) is 7.11. The van der Waals surface area contributed by atoms with Gasteiger partial charge in [0.1, 0.15) is 0 Å². The van der Waals surface area contributed by atoms with Crippen LogP contribution < -0.4 is 0 Å². The van der Waals surface area contributed by atoms with Crippen LogP contribution in [0.3, 0.4) is 0 Å². The zero-order valence-electron chi connectivity index (χ0n) is 14.3. The van der Waals surface area contributed by atoms with E-state index in [1.807, 2.05) is 68.4 Å². The van der Waals surface area contributed by atoms with Crippen LogP contribution in [0.5, 0.6) is 0 Å². The average Bonchev–Trinajstić information content (AvgIpc) is 3.32. The van der Waals surface area contributed by atoms with E-state index in [1.165, 1.54) is 11.8 Å². The van der Waals surface area contributed by atoms with E-state index in [0.717, 1.165) is 16.7 Å². The molecule has 0 saturated carbocycles. The van der Waals surface area contributed by atoms with E-state index in [9.17, 15) is 0 Å². The van der Waals surface area contributed by atoms with E-state index < -0.39 is 0 Å².